The molecule has 4 aromatic carbocycles. The molecule has 270 valence electrons. The van der Waals surface area contributed by atoms with Crippen molar-refractivity contribution in [2.75, 3.05) is 43.1 Å². The van der Waals surface area contributed by atoms with Crippen molar-refractivity contribution in [3.05, 3.63) is 119 Å². The molecule has 11 heteroatoms. The third kappa shape index (κ3) is 8.11. The number of aromatic nitrogens is 1. The minimum atomic E-state index is -0.419. The first-order valence-corrected chi connectivity index (χ1v) is 17.5. The van der Waals surface area contributed by atoms with Gasteiger partial charge >= 0.3 is 0 Å². The number of hydrogen-bond acceptors (Lipinski definition) is 7. The average molecular weight is 703 g/mol. The zero-order chi connectivity index (χ0) is 36.9. The second-order valence-corrected chi connectivity index (χ2v) is 13.8. The van der Waals surface area contributed by atoms with Gasteiger partial charge in [-0.25, -0.2) is 0 Å². The summed E-state index contributed by atoms with van der Waals surface area (Å²) in [7, 11) is 3.96. The minimum Gasteiger partial charge on any atom is -0.488 e. The molecule has 3 atom stereocenters. The molecule has 2 heterocycles. The Kier molecular flexibility index (Phi) is 10.9. The van der Waals surface area contributed by atoms with Gasteiger partial charge in [-0.3, -0.25) is 19.3 Å². The predicted molar refractivity (Wildman–Crippen MR) is 204 cm³/mol. The van der Waals surface area contributed by atoms with Crippen molar-refractivity contribution in [2.24, 2.45) is 13.0 Å². The number of likely N-dealkylation sites (N-methyl/N-ethyl adjacent to an activating group) is 1. The topological polar surface area (TPSA) is 142 Å². The number of aliphatic hydroxyl groups is 1. The molecule has 5 N–H and O–H groups in total. The van der Waals surface area contributed by atoms with Crippen LogP contribution in [0, 0.1) is 5.92 Å². The van der Waals surface area contributed by atoms with Crippen molar-refractivity contribution < 1.29 is 24.2 Å². The summed E-state index contributed by atoms with van der Waals surface area (Å²) < 4.78 is 8.59. The van der Waals surface area contributed by atoms with Crippen LogP contribution < -0.4 is 21.1 Å². The molecule has 5 aromatic rings. The fraction of sp³-hybridized carbons (Fsp3) is 0.293. The summed E-state index contributed by atoms with van der Waals surface area (Å²) >= 11 is 0. The van der Waals surface area contributed by atoms with Gasteiger partial charge in [0.2, 0.25) is 5.91 Å². The van der Waals surface area contributed by atoms with E-state index in [1.807, 2.05) is 87.2 Å². The van der Waals surface area contributed by atoms with Crippen LogP contribution in [-0.4, -0.2) is 76.1 Å². The van der Waals surface area contributed by atoms with Crippen LogP contribution in [-0.2, 0) is 24.8 Å². The van der Waals surface area contributed by atoms with Crippen LogP contribution in [0.25, 0.3) is 10.9 Å². The lowest BCUT2D eigenvalue weighted by molar-refractivity contribution is -0.115. The van der Waals surface area contributed by atoms with Crippen LogP contribution in [0.4, 0.5) is 17.1 Å². The number of amides is 3. The first-order chi connectivity index (χ1) is 25.0. The lowest BCUT2D eigenvalue weighted by Gasteiger charge is -2.38. The number of nitrogens with one attached hydrogen (secondary N) is 2. The van der Waals surface area contributed by atoms with Gasteiger partial charge < -0.3 is 35.7 Å². The Morgan fingerprint density at radius 2 is 1.75 bits per heavy atom. The normalized spacial score (nSPS) is 16.5. The van der Waals surface area contributed by atoms with E-state index < -0.39 is 6.04 Å². The summed E-state index contributed by atoms with van der Waals surface area (Å²) in [5.41, 5.74) is 11.4. The first kappa shape index (κ1) is 36.2. The highest BCUT2D eigenvalue weighted by Crippen LogP contribution is 2.31. The van der Waals surface area contributed by atoms with Crippen molar-refractivity contribution in [2.45, 2.75) is 39.0 Å². The molecule has 6 rings (SSSR count). The summed E-state index contributed by atoms with van der Waals surface area (Å²) in [5.74, 6) is -0.341. The molecule has 0 bridgehead atoms. The number of aryl methyl sites for hydroxylation is 1. The van der Waals surface area contributed by atoms with E-state index in [2.05, 4.69) is 15.5 Å². The van der Waals surface area contributed by atoms with Crippen molar-refractivity contribution in [3.63, 3.8) is 0 Å². The summed E-state index contributed by atoms with van der Waals surface area (Å²) in [6, 6.07) is 27.3. The quantitative estimate of drug-likeness (QED) is 0.132. The van der Waals surface area contributed by atoms with Crippen LogP contribution in [0.1, 0.15) is 45.7 Å². The second kappa shape index (κ2) is 15.7. The Labute approximate surface area is 304 Å². The fourth-order valence-electron chi connectivity index (χ4n) is 6.71. The van der Waals surface area contributed by atoms with Gasteiger partial charge in [-0.05, 0) is 73.6 Å². The Bertz CT molecular complexity index is 2080. The number of hydrogen-bond donors (Lipinski definition) is 4. The molecular weight excluding hydrogens is 656 g/mol. The fourth-order valence-corrected chi connectivity index (χ4v) is 6.71. The number of para-hydroxylation sites is 3. The van der Waals surface area contributed by atoms with E-state index >= 15 is 0 Å². The van der Waals surface area contributed by atoms with Crippen LogP contribution in [0.3, 0.4) is 0 Å². The van der Waals surface area contributed by atoms with Gasteiger partial charge in [0, 0.05) is 61.0 Å². The Morgan fingerprint density at radius 1 is 1.02 bits per heavy atom. The molecule has 0 radical (unpaired) electrons. The maximum absolute atomic E-state index is 14.0. The van der Waals surface area contributed by atoms with E-state index in [1.165, 1.54) is 0 Å². The number of carbonyl (C=O) groups is 3. The van der Waals surface area contributed by atoms with E-state index in [-0.39, 0.29) is 42.8 Å². The molecule has 0 saturated carbocycles. The summed E-state index contributed by atoms with van der Waals surface area (Å²) in [4.78, 5) is 43.8. The molecule has 0 unspecified atom stereocenters. The Balaban J connectivity index is 1.15. The number of rotatable bonds is 11. The Hall–Kier alpha value is -5.65. The maximum atomic E-state index is 14.0. The van der Waals surface area contributed by atoms with Crippen LogP contribution in [0.15, 0.2) is 97.2 Å². The lowest BCUT2D eigenvalue weighted by atomic mass is 9.99. The molecule has 52 heavy (non-hydrogen) atoms. The molecule has 1 aliphatic rings. The number of ether oxygens (including phenoxy) is 1. The lowest BCUT2D eigenvalue weighted by Crippen LogP contribution is -2.49. The molecule has 1 aromatic heterocycles. The highest BCUT2D eigenvalue weighted by molar-refractivity contribution is 6.05. The van der Waals surface area contributed by atoms with E-state index in [4.69, 9.17) is 10.5 Å². The number of aliphatic hydroxyl groups excluding tert-OH is 1. The van der Waals surface area contributed by atoms with Crippen LogP contribution in [0.2, 0.25) is 0 Å². The molecule has 0 spiro atoms. The zero-order valence-corrected chi connectivity index (χ0v) is 30.0. The molecule has 1 aliphatic heterocycles. The third-order valence-electron chi connectivity index (χ3n) is 9.65. The summed E-state index contributed by atoms with van der Waals surface area (Å²) in [6.07, 6.45) is 1.85. The molecule has 11 nitrogen and oxygen atoms in total. The van der Waals surface area contributed by atoms with Gasteiger partial charge in [0.15, 0.2) is 0 Å². The summed E-state index contributed by atoms with van der Waals surface area (Å²) in [5, 5.41) is 16.9. The highest BCUT2D eigenvalue weighted by Gasteiger charge is 2.33. The van der Waals surface area contributed by atoms with Gasteiger partial charge in [-0.15, -0.1) is 0 Å². The number of anilines is 3. The second-order valence-electron chi connectivity index (χ2n) is 13.8. The van der Waals surface area contributed by atoms with Crippen molar-refractivity contribution in [3.8, 4) is 5.75 Å². The highest BCUT2D eigenvalue weighted by atomic mass is 16.5. The minimum absolute atomic E-state index is 0.0647. The molecule has 0 saturated heterocycles. The van der Waals surface area contributed by atoms with Gasteiger partial charge in [0.25, 0.3) is 11.8 Å². The largest absolute Gasteiger partial charge is 0.488 e. The number of fused-ring (bicyclic) bond motifs is 2. The zero-order valence-electron chi connectivity index (χ0n) is 30.0. The van der Waals surface area contributed by atoms with Crippen LogP contribution >= 0.6 is 0 Å². The molecule has 0 fully saturated rings. The van der Waals surface area contributed by atoms with E-state index in [9.17, 15) is 19.5 Å². The third-order valence-corrected chi connectivity index (χ3v) is 9.65. The molecule has 3 amide bonds. The van der Waals surface area contributed by atoms with Gasteiger partial charge in [-0.1, -0.05) is 49.4 Å². The molecule has 0 aliphatic carbocycles. The number of nitrogens with zero attached hydrogens (tertiary/aromatic N) is 3. The van der Waals surface area contributed by atoms with E-state index in [0.29, 0.717) is 53.6 Å². The standard InChI is InChI=1S/C41H46N6O5/c1-26-21-47(27(2)25-48)41(51)33-20-31(43-39(49)19-30-23-46(4)36-12-8-5-9-32(30)36)17-18-37(33)52-38(26)24-45(3)22-28-13-15-29(16-14-28)40(50)44-35-11-7-6-10-34(35)42/h5-18,20,23,26-27,38,48H,19,21-22,24-25,42H2,1-4H3,(H,43,49)(H,44,50)/t26-,27+,38-/m1/s1. The summed E-state index contributed by atoms with van der Waals surface area (Å²) in [6.45, 7) is 5.21. The Morgan fingerprint density at radius 3 is 2.50 bits per heavy atom. The number of nitrogen functional groups attached to an aromatic ring is 1. The monoisotopic (exact) mass is 702 g/mol. The first-order valence-electron chi connectivity index (χ1n) is 17.5. The number of benzene rings is 4. The van der Waals surface area contributed by atoms with Gasteiger partial charge in [-0.2, -0.15) is 0 Å². The predicted octanol–water partition coefficient (Wildman–Crippen LogP) is 5.55. The average Bonchev–Trinajstić information content (AvgIpc) is 3.45. The van der Waals surface area contributed by atoms with Gasteiger partial charge in [0.05, 0.1) is 36.0 Å². The SMILES string of the molecule is C[C@@H]1CN([C@@H](C)CO)C(=O)c2cc(NC(=O)Cc3cn(C)c4ccccc34)ccc2O[C@@H]1CN(C)Cc1ccc(C(=O)Nc2ccccc2N)cc1. The smallest absolute Gasteiger partial charge is 0.258 e. The van der Waals surface area contributed by atoms with Crippen molar-refractivity contribution in [1.29, 1.82) is 0 Å². The number of nitrogens with two attached hydrogens (primary N) is 1. The van der Waals surface area contributed by atoms with Crippen molar-refractivity contribution in [1.82, 2.24) is 14.4 Å². The van der Waals surface area contributed by atoms with E-state index in [1.54, 1.807) is 47.4 Å². The molecular formula is C41H46N6O5. The van der Waals surface area contributed by atoms with E-state index in [0.717, 1.165) is 22.0 Å². The van der Waals surface area contributed by atoms with Crippen molar-refractivity contribution >= 4 is 45.7 Å². The number of carbonyl (C=O) groups excluding carboxylic acids is 3. The maximum Gasteiger partial charge on any atom is 0.258 e. The van der Waals surface area contributed by atoms with Crippen LogP contribution in [0.5, 0.6) is 5.75 Å². The van der Waals surface area contributed by atoms with Gasteiger partial charge in [0.1, 0.15) is 11.9 Å².